The number of hydrogen-bond acceptors (Lipinski definition) is 1. The standard InChI is InChI=1S/K.6H2O/h;6*1H2/q+1;;;;;;/p-1. The zero-order valence-corrected chi connectivity index (χ0v) is 7.07. The van der Waals surface area contributed by atoms with Crippen LogP contribution >= 0.6 is 0 Å². The van der Waals surface area contributed by atoms with E-state index in [-0.39, 0.29) is 84.2 Å². The summed E-state index contributed by atoms with van der Waals surface area (Å²) >= 11 is 0. The van der Waals surface area contributed by atoms with E-state index in [4.69, 9.17) is 0 Å². The first kappa shape index (κ1) is 236. The second-order valence-corrected chi connectivity index (χ2v) is 0. The summed E-state index contributed by atoms with van der Waals surface area (Å²) in [4.78, 5) is 0. The van der Waals surface area contributed by atoms with Crippen LogP contribution < -0.4 is 51.4 Å². The Morgan fingerprint density at radius 1 is 0.429 bits per heavy atom. The molecule has 0 saturated carbocycles. The van der Waals surface area contributed by atoms with Crippen LogP contribution in [0.25, 0.3) is 0 Å². The van der Waals surface area contributed by atoms with Gasteiger partial charge < -0.3 is 32.9 Å². The van der Waals surface area contributed by atoms with Gasteiger partial charge in [0.2, 0.25) is 0 Å². The van der Waals surface area contributed by atoms with Crippen molar-refractivity contribution in [3.8, 4) is 0 Å². The van der Waals surface area contributed by atoms with Gasteiger partial charge in [0.05, 0.1) is 0 Å². The fourth-order valence-corrected chi connectivity index (χ4v) is 0. The van der Waals surface area contributed by atoms with Crippen LogP contribution in [0.15, 0.2) is 0 Å². The fraction of sp³-hybridized carbons (Fsp3) is 0. The molecule has 0 aliphatic heterocycles. The second-order valence-electron chi connectivity index (χ2n) is 0. The first-order chi connectivity index (χ1) is 0. The van der Waals surface area contributed by atoms with E-state index >= 15 is 0 Å². The van der Waals surface area contributed by atoms with Gasteiger partial charge in [-0.2, -0.15) is 0 Å². The van der Waals surface area contributed by atoms with Crippen LogP contribution in [0.3, 0.4) is 0 Å². The van der Waals surface area contributed by atoms with Crippen molar-refractivity contribution in [3.05, 3.63) is 0 Å². The minimum atomic E-state index is 0. The molecule has 0 aromatic carbocycles. The molecule has 0 bridgehead atoms. The summed E-state index contributed by atoms with van der Waals surface area (Å²) in [6.45, 7) is 0. The van der Waals surface area contributed by atoms with Gasteiger partial charge in [-0.1, -0.05) is 0 Å². The van der Waals surface area contributed by atoms with Crippen LogP contribution in [-0.2, 0) is 0 Å². The second kappa shape index (κ2) is 155. The van der Waals surface area contributed by atoms with Crippen molar-refractivity contribution in [3.63, 3.8) is 0 Å². The molecule has 0 heterocycles. The third-order valence-corrected chi connectivity index (χ3v) is 0. The van der Waals surface area contributed by atoms with E-state index in [1.807, 2.05) is 0 Å². The van der Waals surface area contributed by atoms with Gasteiger partial charge in [-0.15, -0.1) is 0 Å². The molecule has 0 aliphatic rings. The van der Waals surface area contributed by atoms with Gasteiger partial charge in [0, 0.05) is 0 Å². The van der Waals surface area contributed by atoms with Crippen LogP contribution in [0.1, 0.15) is 0 Å². The molecule has 0 aliphatic carbocycles. The van der Waals surface area contributed by atoms with E-state index in [0.717, 1.165) is 0 Å². The van der Waals surface area contributed by atoms with Crippen LogP contribution in [0.2, 0.25) is 0 Å². The molecule has 0 atom stereocenters. The third kappa shape index (κ3) is 110. The SMILES string of the molecule is O.O.O.O.O.[K+].[OH-]. The topological polar surface area (TPSA) is 188 Å². The van der Waals surface area contributed by atoms with Gasteiger partial charge >= 0.3 is 51.4 Å². The first-order valence-corrected chi connectivity index (χ1v) is 0. The minimum Gasteiger partial charge on any atom is -0.870 e. The molecular weight excluding hydrogens is 135 g/mol. The summed E-state index contributed by atoms with van der Waals surface area (Å²) in [7, 11) is 0. The molecule has 11 N–H and O–H groups in total. The van der Waals surface area contributed by atoms with Crippen molar-refractivity contribution in [1.82, 2.24) is 0 Å². The van der Waals surface area contributed by atoms with Crippen molar-refractivity contribution in [1.29, 1.82) is 0 Å². The molecule has 6 nitrogen and oxygen atoms in total. The average molecular weight is 146 g/mol. The van der Waals surface area contributed by atoms with Crippen molar-refractivity contribution >= 4 is 0 Å². The van der Waals surface area contributed by atoms with Gasteiger partial charge in [-0.3, -0.25) is 0 Å². The van der Waals surface area contributed by atoms with Crippen LogP contribution in [0, 0.1) is 0 Å². The predicted molar refractivity (Wildman–Crippen MR) is 20.0 cm³/mol. The normalized spacial score (nSPS) is 0. The Balaban J connectivity index is 0. The van der Waals surface area contributed by atoms with Crippen LogP contribution in [0.4, 0.5) is 0 Å². The summed E-state index contributed by atoms with van der Waals surface area (Å²) in [5, 5.41) is 0. The molecule has 48 valence electrons. The Morgan fingerprint density at radius 2 is 0.429 bits per heavy atom. The van der Waals surface area contributed by atoms with Crippen molar-refractivity contribution in [2.24, 2.45) is 0 Å². The molecule has 0 saturated heterocycles. The molecule has 0 fully saturated rings. The third-order valence-electron chi connectivity index (χ3n) is 0. The van der Waals surface area contributed by atoms with E-state index < -0.39 is 0 Å². The molecule has 0 rings (SSSR count). The first-order valence-electron chi connectivity index (χ1n) is 0. The Labute approximate surface area is 83.2 Å². The quantitative estimate of drug-likeness (QED) is 0.302. The summed E-state index contributed by atoms with van der Waals surface area (Å²) in [6.07, 6.45) is 0. The number of hydrogen-bond donors (Lipinski definition) is 0. The van der Waals surface area contributed by atoms with Gasteiger partial charge in [-0.25, -0.2) is 0 Å². The van der Waals surface area contributed by atoms with E-state index in [2.05, 4.69) is 0 Å². The summed E-state index contributed by atoms with van der Waals surface area (Å²) in [5.74, 6) is 0. The molecule has 7 heteroatoms. The summed E-state index contributed by atoms with van der Waals surface area (Å²) < 4.78 is 0. The largest absolute Gasteiger partial charge is 1.00 e. The van der Waals surface area contributed by atoms with E-state index in [9.17, 15) is 0 Å². The monoisotopic (exact) mass is 146 g/mol. The molecule has 0 radical (unpaired) electrons. The van der Waals surface area contributed by atoms with Gasteiger partial charge in [0.15, 0.2) is 0 Å². The average Bonchev–Trinajstić information content (AvgIpc) is 0. The molecule has 0 aromatic rings. The molecule has 0 amide bonds. The zero-order valence-electron chi connectivity index (χ0n) is 3.95. The van der Waals surface area contributed by atoms with Gasteiger partial charge in [0.1, 0.15) is 0 Å². The Kier molecular flexibility index (Phi) is 5220. The Hall–Kier alpha value is 1.40. The van der Waals surface area contributed by atoms with Crippen molar-refractivity contribution < 1.29 is 84.2 Å². The maximum absolute atomic E-state index is 0. The molecule has 0 spiro atoms. The maximum Gasteiger partial charge on any atom is 1.00 e. The summed E-state index contributed by atoms with van der Waals surface area (Å²) in [5.41, 5.74) is 0. The van der Waals surface area contributed by atoms with E-state index in [1.54, 1.807) is 0 Å². The van der Waals surface area contributed by atoms with Crippen LogP contribution in [0.5, 0.6) is 0 Å². The number of rotatable bonds is 0. The summed E-state index contributed by atoms with van der Waals surface area (Å²) in [6, 6.07) is 0. The van der Waals surface area contributed by atoms with Gasteiger partial charge in [-0.05, 0) is 0 Å². The Morgan fingerprint density at radius 3 is 0.429 bits per heavy atom. The smallest absolute Gasteiger partial charge is 0.870 e. The Bertz CT molecular complexity index is 4.14. The fourth-order valence-electron chi connectivity index (χ4n) is 0. The molecule has 7 heavy (non-hydrogen) atoms. The maximum atomic E-state index is 0. The minimum absolute atomic E-state index is 0. The zero-order chi connectivity index (χ0) is 0. The molecule has 0 aromatic heterocycles. The molecular formula is H11KO6. The predicted octanol–water partition coefficient (Wildman–Crippen LogP) is -7.30. The van der Waals surface area contributed by atoms with Crippen molar-refractivity contribution in [2.45, 2.75) is 0 Å². The van der Waals surface area contributed by atoms with Crippen LogP contribution in [-0.4, -0.2) is 32.9 Å². The molecule has 0 unspecified atom stereocenters. The van der Waals surface area contributed by atoms with E-state index in [0.29, 0.717) is 0 Å². The van der Waals surface area contributed by atoms with E-state index in [1.165, 1.54) is 0 Å². The van der Waals surface area contributed by atoms with Gasteiger partial charge in [0.25, 0.3) is 0 Å². The van der Waals surface area contributed by atoms with Crippen molar-refractivity contribution in [2.75, 3.05) is 0 Å².